The summed E-state index contributed by atoms with van der Waals surface area (Å²) < 4.78 is 0. The first kappa shape index (κ1) is 17.8. The number of carboxylic acid groups (broad SMARTS) is 1. The summed E-state index contributed by atoms with van der Waals surface area (Å²) in [5, 5.41) is 14.9. The van der Waals surface area contributed by atoms with Crippen LogP contribution in [-0.2, 0) is 9.63 Å². The lowest BCUT2D eigenvalue weighted by molar-refractivity contribution is -0.177. The molecule has 3 unspecified atom stereocenters. The highest BCUT2D eigenvalue weighted by atomic mass is 35.5. The summed E-state index contributed by atoms with van der Waals surface area (Å²) in [6, 6.07) is 7.71. The maximum atomic E-state index is 11.8. The molecule has 3 aliphatic rings. The van der Waals surface area contributed by atoms with Gasteiger partial charge in [0, 0.05) is 24.5 Å². The second kappa shape index (κ2) is 7.20. The Balaban J connectivity index is 1.71. The zero-order valence-electron chi connectivity index (χ0n) is 14.9. The summed E-state index contributed by atoms with van der Waals surface area (Å²) >= 11 is 6.04. The van der Waals surface area contributed by atoms with Crippen molar-refractivity contribution in [1.82, 2.24) is 4.90 Å². The summed E-state index contributed by atoms with van der Waals surface area (Å²) in [6.45, 7) is 1.90. The van der Waals surface area contributed by atoms with E-state index in [9.17, 15) is 9.90 Å². The summed E-state index contributed by atoms with van der Waals surface area (Å²) in [5.41, 5.74) is 1.35. The lowest BCUT2D eigenvalue weighted by Gasteiger charge is -2.43. The first-order valence-electron chi connectivity index (χ1n) is 9.60. The second-order valence-electron chi connectivity index (χ2n) is 7.69. The summed E-state index contributed by atoms with van der Waals surface area (Å²) in [4.78, 5) is 20.3. The quantitative estimate of drug-likeness (QED) is 0.860. The second-order valence-corrected chi connectivity index (χ2v) is 8.13. The van der Waals surface area contributed by atoms with Crippen LogP contribution in [-0.4, -0.2) is 40.5 Å². The number of fused-ring (bicyclic) bond motifs is 1. The number of benzene rings is 1. The van der Waals surface area contributed by atoms with Crippen molar-refractivity contribution in [1.29, 1.82) is 0 Å². The molecule has 2 fully saturated rings. The summed E-state index contributed by atoms with van der Waals surface area (Å²) in [6.07, 6.45) is 6.41. The number of carboxylic acids is 1. The molecule has 140 valence electrons. The number of halogens is 1. The molecule has 0 spiro atoms. The normalized spacial score (nSPS) is 32.3. The van der Waals surface area contributed by atoms with Gasteiger partial charge in [0.15, 0.2) is 0 Å². The van der Waals surface area contributed by atoms with Gasteiger partial charge in [-0.15, -0.1) is 0 Å². The van der Waals surface area contributed by atoms with Gasteiger partial charge in [-0.3, -0.25) is 9.69 Å². The van der Waals surface area contributed by atoms with Crippen molar-refractivity contribution in [2.24, 2.45) is 17.0 Å². The van der Waals surface area contributed by atoms with Gasteiger partial charge < -0.3 is 9.94 Å². The van der Waals surface area contributed by atoms with E-state index in [1.807, 2.05) is 24.3 Å². The molecule has 0 amide bonds. The molecule has 26 heavy (non-hydrogen) atoms. The molecule has 2 heterocycles. The van der Waals surface area contributed by atoms with Crippen molar-refractivity contribution in [2.45, 2.75) is 50.7 Å². The van der Waals surface area contributed by atoms with Gasteiger partial charge in [-0.05, 0) is 43.4 Å². The Bertz CT molecular complexity index is 700. The van der Waals surface area contributed by atoms with Crippen LogP contribution in [0.4, 0.5) is 0 Å². The minimum absolute atomic E-state index is 0.101. The Morgan fingerprint density at radius 1 is 1.15 bits per heavy atom. The van der Waals surface area contributed by atoms with E-state index in [2.05, 4.69) is 10.1 Å². The number of rotatable bonds is 3. The number of hydrogen-bond donors (Lipinski definition) is 1. The van der Waals surface area contributed by atoms with Crippen LogP contribution in [0.2, 0.25) is 5.02 Å². The fourth-order valence-electron chi connectivity index (χ4n) is 4.79. The van der Waals surface area contributed by atoms with E-state index in [0.717, 1.165) is 62.9 Å². The van der Waals surface area contributed by atoms with E-state index in [-0.39, 0.29) is 11.8 Å². The molecule has 1 saturated heterocycles. The average molecular weight is 377 g/mol. The van der Waals surface area contributed by atoms with E-state index in [0.29, 0.717) is 11.4 Å². The third kappa shape index (κ3) is 3.12. The molecular weight excluding hydrogens is 352 g/mol. The van der Waals surface area contributed by atoms with Crippen LogP contribution < -0.4 is 0 Å². The summed E-state index contributed by atoms with van der Waals surface area (Å²) in [7, 11) is 0. The third-order valence-corrected chi connectivity index (χ3v) is 6.39. The van der Waals surface area contributed by atoms with E-state index in [1.54, 1.807) is 0 Å². The van der Waals surface area contributed by atoms with E-state index in [1.165, 1.54) is 0 Å². The Kier molecular flexibility index (Phi) is 4.93. The average Bonchev–Trinajstić information content (AvgIpc) is 3.24. The molecule has 0 bridgehead atoms. The van der Waals surface area contributed by atoms with Gasteiger partial charge in [0.2, 0.25) is 5.72 Å². The zero-order chi connectivity index (χ0) is 18.1. The lowest BCUT2D eigenvalue weighted by Crippen LogP contribution is -2.55. The van der Waals surface area contributed by atoms with Crippen LogP contribution >= 0.6 is 11.6 Å². The van der Waals surface area contributed by atoms with Crippen LogP contribution in [0.15, 0.2) is 29.4 Å². The Morgan fingerprint density at radius 2 is 1.85 bits per heavy atom. The smallest absolute Gasteiger partial charge is 0.306 e. The number of hydrogen-bond acceptors (Lipinski definition) is 4. The molecule has 6 heteroatoms. The first-order valence-corrected chi connectivity index (χ1v) is 9.98. The Labute approximate surface area is 159 Å². The van der Waals surface area contributed by atoms with Gasteiger partial charge in [0.05, 0.1) is 17.5 Å². The summed E-state index contributed by atoms with van der Waals surface area (Å²) in [5.74, 6) is -0.991. The van der Waals surface area contributed by atoms with Crippen LogP contribution in [0, 0.1) is 11.8 Å². The third-order valence-electron chi connectivity index (χ3n) is 6.14. The molecule has 1 saturated carbocycles. The highest BCUT2D eigenvalue weighted by Crippen LogP contribution is 2.46. The predicted octanol–water partition coefficient (Wildman–Crippen LogP) is 4.15. The van der Waals surface area contributed by atoms with Gasteiger partial charge in [-0.25, -0.2) is 0 Å². The highest BCUT2D eigenvalue weighted by molar-refractivity contribution is 6.30. The minimum atomic E-state index is -0.715. The number of likely N-dealkylation sites (tertiary alicyclic amines) is 1. The number of oxime groups is 1. The topological polar surface area (TPSA) is 62.1 Å². The molecule has 1 N–H and O–H groups in total. The molecule has 1 aromatic carbocycles. The van der Waals surface area contributed by atoms with Gasteiger partial charge in [0.25, 0.3) is 0 Å². The van der Waals surface area contributed by atoms with Crippen molar-refractivity contribution in [3.8, 4) is 0 Å². The molecular formula is C20H25ClN2O3. The SMILES string of the molecule is O=C(O)C1CCCCC2C(c3ccc(Cl)cc3)=NOC2(N2CCCC2)C1. The molecule has 5 nitrogen and oxygen atoms in total. The molecule has 4 rings (SSSR count). The van der Waals surface area contributed by atoms with Crippen molar-refractivity contribution >= 4 is 23.3 Å². The molecule has 0 aromatic heterocycles. The fourth-order valence-corrected chi connectivity index (χ4v) is 4.92. The molecule has 3 atom stereocenters. The van der Waals surface area contributed by atoms with Crippen molar-refractivity contribution in [3.05, 3.63) is 34.9 Å². The molecule has 0 radical (unpaired) electrons. The lowest BCUT2D eigenvalue weighted by atomic mass is 9.75. The first-order chi connectivity index (χ1) is 12.6. The molecule has 1 aromatic rings. The van der Waals surface area contributed by atoms with Gasteiger partial charge in [0.1, 0.15) is 0 Å². The fraction of sp³-hybridized carbons (Fsp3) is 0.600. The largest absolute Gasteiger partial charge is 0.481 e. The molecule has 1 aliphatic carbocycles. The van der Waals surface area contributed by atoms with Gasteiger partial charge in [-0.1, -0.05) is 41.7 Å². The van der Waals surface area contributed by atoms with E-state index >= 15 is 0 Å². The maximum Gasteiger partial charge on any atom is 0.306 e. The maximum absolute atomic E-state index is 11.8. The van der Waals surface area contributed by atoms with Gasteiger partial charge >= 0.3 is 5.97 Å². The van der Waals surface area contributed by atoms with Crippen molar-refractivity contribution < 1.29 is 14.7 Å². The van der Waals surface area contributed by atoms with E-state index < -0.39 is 11.7 Å². The van der Waals surface area contributed by atoms with Crippen molar-refractivity contribution in [2.75, 3.05) is 13.1 Å². The van der Waals surface area contributed by atoms with Crippen LogP contribution in [0.25, 0.3) is 0 Å². The Morgan fingerprint density at radius 3 is 2.54 bits per heavy atom. The standard InChI is InChI=1S/C20H25ClN2O3/c21-16-9-7-14(8-10-16)18-17-6-2-1-5-15(19(24)25)13-20(17,26-22-18)23-11-3-4-12-23/h7-10,15,17H,1-6,11-13H2,(H,24,25). The van der Waals surface area contributed by atoms with Crippen LogP contribution in [0.5, 0.6) is 0 Å². The van der Waals surface area contributed by atoms with Crippen molar-refractivity contribution in [3.63, 3.8) is 0 Å². The minimum Gasteiger partial charge on any atom is -0.481 e. The monoisotopic (exact) mass is 376 g/mol. The zero-order valence-corrected chi connectivity index (χ0v) is 15.6. The number of nitrogens with zero attached hydrogens (tertiary/aromatic N) is 2. The van der Waals surface area contributed by atoms with Crippen LogP contribution in [0.1, 0.15) is 50.5 Å². The number of aliphatic carboxylic acids is 1. The van der Waals surface area contributed by atoms with Gasteiger partial charge in [-0.2, -0.15) is 0 Å². The van der Waals surface area contributed by atoms with E-state index in [4.69, 9.17) is 16.4 Å². The Hall–Kier alpha value is -1.59. The predicted molar refractivity (Wildman–Crippen MR) is 100 cm³/mol. The number of carbonyl (C=O) groups is 1. The molecule has 2 aliphatic heterocycles. The highest BCUT2D eigenvalue weighted by Gasteiger charge is 2.55. The van der Waals surface area contributed by atoms with Crippen LogP contribution in [0.3, 0.4) is 0 Å².